The summed E-state index contributed by atoms with van der Waals surface area (Å²) in [5.41, 5.74) is 1.42. The number of carbonyl (C=O) groups is 1. The number of nitrogens with zero attached hydrogens (tertiary/aromatic N) is 4. The molecule has 5 rings (SSSR count). The van der Waals surface area contributed by atoms with Crippen molar-refractivity contribution >= 4 is 17.5 Å². The van der Waals surface area contributed by atoms with Crippen molar-refractivity contribution < 1.29 is 4.79 Å². The van der Waals surface area contributed by atoms with E-state index < -0.39 is 0 Å². The smallest absolute Gasteiger partial charge is 0.274 e. The fraction of sp³-hybridized carbons (Fsp3) is 0.545. The summed E-state index contributed by atoms with van der Waals surface area (Å²) in [5.74, 6) is 1.47. The van der Waals surface area contributed by atoms with Crippen LogP contribution in [0.5, 0.6) is 0 Å². The highest BCUT2D eigenvalue weighted by molar-refractivity contribution is 5.92. The zero-order valence-corrected chi connectivity index (χ0v) is 16.6. The predicted octanol–water partition coefficient (Wildman–Crippen LogP) is 2.78. The monoisotopic (exact) mass is 393 g/mol. The second-order valence-corrected chi connectivity index (χ2v) is 8.66. The number of carbonyl (C=O) groups excluding carboxylic acids is 1. The highest BCUT2D eigenvalue weighted by atomic mass is 16.2. The molecule has 2 aromatic heterocycles. The zero-order valence-electron chi connectivity index (χ0n) is 16.6. The molecular weight excluding hydrogens is 366 g/mol. The van der Waals surface area contributed by atoms with Gasteiger partial charge >= 0.3 is 0 Å². The van der Waals surface area contributed by atoms with Crippen LogP contribution in [0.1, 0.15) is 50.1 Å². The average Bonchev–Trinajstić information content (AvgIpc) is 2.77. The zero-order chi connectivity index (χ0) is 19.8. The van der Waals surface area contributed by atoms with E-state index in [2.05, 4.69) is 20.2 Å². The molecular formula is C22H27N5O2. The first-order chi connectivity index (χ1) is 14.2. The van der Waals surface area contributed by atoms with E-state index in [-0.39, 0.29) is 23.3 Å². The minimum Gasteiger partial charge on any atom is -0.340 e. The topological polar surface area (TPSA) is 80.1 Å². The molecule has 2 aromatic rings. The Hall–Kier alpha value is -2.70. The molecule has 1 N–H and O–H groups in total. The van der Waals surface area contributed by atoms with E-state index in [4.69, 9.17) is 0 Å². The Morgan fingerprint density at radius 3 is 2.62 bits per heavy atom. The fourth-order valence-electron chi connectivity index (χ4n) is 5.26. The van der Waals surface area contributed by atoms with Crippen molar-refractivity contribution in [1.82, 2.24) is 14.5 Å². The van der Waals surface area contributed by atoms with E-state index in [1.807, 2.05) is 16.7 Å². The molecule has 1 saturated heterocycles. The van der Waals surface area contributed by atoms with Crippen LogP contribution in [-0.2, 0) is 11.3 Å². The number of piperidine rings is 1. The molecule has 29 heavy (non-hydrogen) atoms. The van der Waals surface area contributed by atoms with E-state index >= 15 is 0 Å². The molecule has 0 aromatic carbocycles. The summed E-state index contributed by atoms with van der Waals surface area (Å²) >= 11 is 0. The van der Waals surface area contributed by atoms with E-state index in [1.165, 1.54) is 6.42 Å². The number of pyridine rings is 1. The maximum Gasteiger partial charge on any atom is 0.274 e. The molecule has 2 fully saturated rings. The maximum atomic E-state index is 13.1. The van der Waals surface area contributed by atoms with Gasteiger partial charge in [0.2, 0.25) is 11.9 Å². The molecule has 7 heteroatoms. The summed E-state index contributed by atoms with van der Waals surface area (Å²) in [6.07, 6.45) is 9.90. The average molecular weight is 393 g/mol. The number of aromatic nitrogens is 3. The van der Waals surface area contributed by atoms with Crippen LogP contribution in [-0.4, -0.2) is 33.5 Å². The minimum atomic E-state index is -0.0641. The molecule has 4 heterocycles. The van der Waals surface area contributed by atoms with E-state index in [0.29, 0.717) is 18.2 Å². The van der Waals surface area contributed by atoms with Crippen molar-refractivity contribution in [2.45, 2.75) is 51.0 Å². The second-order valence-electron chi connectivity index (χ2n) is 8.66. The molecule has 1 saturated carbocycles. The molecule has 7 nitrogen and oxygen atoms in total. The van der Waals surface area contributed by atoms with Crippen LogP contribution in [0.3, 0.4) is 0 Å². The van der Waals surface area contributed by atoms with Gasteiger partial charge in [0, 0.05) is 49.6 Å². The van der Waals surface area contributed by atoms with Crippen LogP contribution in [0.25, 0.3) is 0 Å². The minimum absolute atomic E-state index is 0.00533. The first-order valence-corrected chi connectivity index (χ1v) is 10.8. The number of hydrogen-bond acceptors (Lipinski definition) is 5. The number of nitrogens with one attached hydrogen (secondary N) is 1. The molecule has 1 amide bonds. The lowest BCUT2D eigenvalue weighted by molar-refractivity contribution is -0.120. The van der Waals surface area contributed by atoms with E-state index in [0.717, 1.165) is 56.8 Å². The number of anilines is 2. The highest BCUT2D eigenvalue weighted by Gasteiger charge is 2.36. The molecule has 2 aliphatic heterocycles. The van der Waals surface area contributed by atoms with Crippen molar-refractivity contribution in [2.75, 3.05) is 23.3 Å². The van der Waals surface area contributed by atoms with Gasteiger partial charge < -0.3 is 14.8 Å². The lowest BCUT2D eigenvalue weighted by Gasteiger charge is -2.42. The summed E-state index contributed by atoms with van der Waals surface area (Å²) < 4.78 is 1.89. The van der Waals surface area contributed by atoms with Crippen molar-refractivity contribution in [1.29, 1.82) is 0 Å². The molecule has 0 spiro atoms. The van der Waals surface area contributed by atoms with E-state index in [1.54, 1.807) is 18.5 Å². The Morgan fingerprint density at radius 1 is 1.03 bits per heavy atom. The molecule has 152 valence electrons. The summed E-state index contributed by atoms with van der Waals surface area (Å²) in [6.45, 7) is 2.35. The Kier molecular flexibility index (Phi) is 4.81. The van der Waals surface area contributed by atoms with Crippen molar-refractivity contribution in [2.24, 2.45) is 11.8 Å². The number of hydrogen-bond donors (Lipinski definition) is 1. The van der Waals surface area contributed by atoms with Gasteiger partial charge in [-0.15, -0.1) is 0 Å². The van der Waals surface area contributed by atoms with Gasteiger partial charge in [0.25, 0.3) is 5.56 Å². The summed E-state index contributed by atoms with van der Waals surface area (Å²) in [5, 5.41) is 2.93. The molecule has 0 unspecified atom stereocenters. The van der Waals surface area contributed by atoms with Gasteiger partial charge in [0.1, 0.15) is 5.69 Å². The van der Waals surface area contributed by atoms with Gasteiger partial charge in [0.05, 0.1) is 0 Å². The summed E-state index contributed by atoms with van der Waals surface area (Å²) in [6, 6.07) is 5.65. The number of rotatable bonds is 3. The maximum absolute atomic E-state index is 13.1. The quantitative estimate of drug-likeness (QED) is 0.867. The lowest BCUT2D eigenvalue weighted by Crippen LogP contribution is -2.48. The largest absolute Gasteiger partial charge is 0.340 e. The summed E-state index contributed by atoms with van der Waals surface area (Å²) in [4.78, 5) is 36.7. The van der Waals surface area contributed by atoms with Gasteiger partial charge in [-0.3, -0.25) is 9.59 Å². The van der Waals surface area contributed by atoms with Crippen LogP contribution in [0.15, 0.2) is 35.4 Å². The van der Waals surface area contributed by atoms with Gasteiger partial charge in [-0.2, -0.15) is 0 Å². The van der Waals surface area contributed by atoms with Crippen LogP contribution in [0.2, 0.25) is 0 Å². The van der Waals surface area contributed by atoms with Gasteiger partial charge in [0.15, 0.2) is 0 Å². The van der Waals surface area contributed by atoms with Crippen molar-refractivity contribution in [3.8, 4) is 0 Å². The van der Waals surface area contributed by atoms with Crippen molar-refractivity contribution in [3.63, 3.8) is 0 Å². The van der Waals surface area contributed by atoms with Crippen LogP contribution < -0.4 is 15.8 Å². The SMILES string of the molecule is O=C(Nc1ccc2n(c1=O)C[C@@H]1C[C@@H]2CN(c2ncccn2)C1)C1CCCCC1. The van der Waals surface area contributed by atoms with Gasteiger partial charge in [-0.1, -0.05) is 19.3 Å². The lowest BCUT2D eigenvalue weighted by atomic mass is 9.83. The van der Waals surface area contributed by atoms with Gasteiger partial charge in [-0.05, 0) is 43.4 Å². The third-order valence-corrected chi connectivity index (χ3v) is 6.67. The highest BCUT2D eigenvalue weighted by Crippen LogP contribution is 2.36. The normalized spacial score (nSPS) is 24.1. The Morgan fingerprint density at radius 2 is 1.83 bits per heavy atom. The fourth-order valence-corrected chi connectivity index (χ4v) is 5.26. The molecule has 1 aliphatic carbocycles. The predicted molar refractivity (Wildman–Crippen MR) is 111 cm³/mol. The molecule has 2 atom stereocenters. The van der Waals surface area contributed by atoms with Crippen LogP contribution >= 0.6 is 0 Å². The Balaban J connectivity index is 1.37. The van der Waals surface area contributed by atoms with Crippen LogP contribution in [0, 0.1) is 11.8 Å². The van der Waals surface area contributed by atoms with Gasteiger partial charge in [-0.25, -0.2) is 9.97 Å². The summed E-state index contributed by atoms with van der Waals surface area (Å²) in [7, 11) is 0. The van der Waals surface area contributed by atoms with E-state index in [9.17, 15) is 9.59 Å². The van der Waals surface area contributed by atoms with Crippen molar-refractivity contribution in [3.05, 3.63) is 46.6 Å². The molecule has 3 aliphatic rings. The molecule has 0 radical (unpaired) electrons. The standard InChI is InChI=1S/C22H27N5O2/c28-20(16-5-2-1-3-6-16)25-18-7-8-19-17-11-15(13-27(19)21(18)29)12-26(14-17)22-23-9-4-10-24-22/h4,7-10,15-17H,1-3,5-6,11-14H2,(H,25,28)/t15-,17-/m1/s1. The third-order valence-electron chi connectivity index (χ3n) is 6.67. The number of fused-ring (bicyclic) bond motifs is 4. The third kappa shape index (κ3) is 3.54. The first-order valence-electron chi connectivity index (χ1n) is 10.8. The molecule has 2 bridgehead atoms. The van der Waals surface area contributed by atoms with Crippen LogP contribution in [0.4, 0.5) is 11.6 Å². The second kappa shape index (κ2) is 7.61. The Bertz CT molecular complexity index is 951. The number of amides is 1. The Labute approximate surface area is 170 Å². The first kappa shape index (κ1) is 18.3.